The van der Waals surface area contributed by atoms with Crippen molar-refractivity contribution in [2.24, 2.45) is 0 Å². The maximum absolute atomic E-state index is 6.54. The van der Waals surface area contributed by atoms with Gasteiger partial charge in [0.05, 0.1) is 11.6 Å². The summed E-state index contributed by atoms with van der Waals surface area (Å²) in [5.41, 5.74) is 3.00. The summed E-state index contributed by atoms with van der Waals surface area (Å²) in [5.74, 6) is 2.69. The van der Waals surface area contributed by atoms with E-state index in [2.05, 4.69) is 5.32 Å². The zero-order valence-corrected chi connectivity index (χ0v) is 19.9. The van der Waals surface area contributed by atoms with Gasteiger partial charge in [0.15, 0.2) is 23.0 Å². The molecule has 0 saturated heterocycles. The quantitative estimate of drug-likeness (QED) is 0.371. The number of benzene rings is 3. The Kier molecular flexibility index (Phi) is 8.76. The summed E-state index contributed by atoms with van der Waals surface area (Å²) in [6.07, 6.45) is 0. The molecule has 0 radical (unpaired) electrons. The zero-order chi connectivity index (χ0) is 21.6. The van der Waals surface area contributed by atoms with Gasteiger partial charge in [-0.2, -0.15) is 0 Å². The molecule has 0 bridgehead atoms. The molecular formula is C24H24Cl3NO4. The molecule has 1 heterocycles. The molecule has 8 heteroatoms. The lowest BCUT2D eigenvalue weighted by Crippen LogP contribution is -2.13. The SMILES string of the molecule is CCOc1cc(CNCc2ccc3c(c2)OCO3)cc(Cl)c1OCc1ccccc1Cl.Cl. The predicted octanol–water partition coefficient (Wildman–Crippen LogP) is 6.41. The van der Waals surface area contributed by atoms with Crippen LogP contribution in [0.3, 0.4) is 0 Å². The summed E-state index contributed by atoms with van der Waals surface area (Å²) >= 11 is 12.8. The van der Waals surface area contributed by atoms with Gasteiger partial charge in [-0.25, -0.2) is 0 Å². The molecule has 0 amide bonds. The summed E-state index contributed by atoms with van der Waals surface area (Å²) in [5, 5.41) is 4.57. The summed E-state index contributed by atoms with van der Waals surface area (Å²) in [7, 11) is 0. The lowest BCUT2D eigenvalue weighted by atomic mass is 10.1. The average Bonchev–Trinajstić information content (AvgIpc) is 3.22. The van der Waals surface area contributed by atoms with Crippen LogP contribution in [-0.4, -0.2) is 13.4 Å². The highest BCUT2D eigenvalue weighted by molar-refractivity contribution is 6.32. The highest BCUT2D eigenvalue weighted by Crippen LogP contribution is 2.38. The van der Waals surface area contributed by atoms with Crippen molar-refractivity contribution in [2.45, 2.75) is 26.6 Å². The van der Waals surface area contributed by atoms with Crippen molar-refractivity contribution in [1.29, 1.82) is 0 Å². The second-order valence-electron chi connectivity index (χ2n) is 7.01. The molecule has 1 N–H and O–H groups in total. The van der Waals surface area contributed by atoms with Crippen LogP contribution in [0, 0.1) is 0 Å². The van der Waals surface area contributed by atoms with Gasteiger partial charge in [0.1, 0.15) is 6.61 Å². The van der Waals surface area contributed by atoms with Crippen LogP contribution in [0.1, 0.15) is 23.6 Å². The molecule has 0 atom stereocenters. The number of ether oxygens (including phenoxy) is 4. The maximum atomic E-state index is 6.54. The Morgan fingerprint density at radius 3 is 2.47 bits per heavy atom. The van der Waals surface area contributed by atoms with Crippen molar-refractivity contribution in [3.8, 4) is 23.0 Å². The van der Waals surface area contributed by atoms with Gasteiger partial charge >= 0.3 is 0 Å². The highest BCUT2D eigenvalue weighted by atomic mass is 35.5. The standard InChI is InChI=1S/C24H23Cl2NO4.ClH/c1-2-28-23-11-17(13-27-12-16-7-8-21-22(10-16)31-15-30-21)9-20(26)24(23)29-14-18-5-3-4-6-19(18)25;/h3-11,27H,2,12-15H2,1H3;1H. The third kappa shape index (κ3) is 5.93. The third-order valence-corrected chi connectivity index (χ3v) is 5.44. The van der Waals surface area contributed by atoms with Crippen LogP contribution in [-0.2, 0) is 19.7 Å². The van der Waals surface area contributed by atoms with Gasteiger partial charge < -0.3 is 24.3 Å². The minimum atomic E-state index is 0. The molecule has 32 heavy (non-hydrogen) atoms. The Morgan fingerprint density at radius 1 is 0.875 bits per heavy atom. The first-order chi connectivity index (χ1) is 15.1. The second-order valence-corrected chi connectivity index (χ2v) is 7.82. The van der Waals surface area contributed by atoms with Gasteiger partial charge in [-0.3, -0.25) is 0 Å². The molecule has 170 valence electrons. The van der Waals surface area contributed by atoms with E-state index in [0.717, 1.165) is 28.2 Å². The molecule has 1 aliphatic heterocycles. The summed E-state index contributed by atoms with van der Waals surface area (Å²) in [6, 6.07) is 17.3. The zero-order valence-electron chi connectivity index (χ0n) is 17.5. The van der Waals surface area contributed by atoms with Gasteiger partial charge in [0, 0.05) is 23.7 Å². The fourth-order valence-corrected chi connectivity index (χ4v) is 3.77. The van der Waals surface area contributed by atoms with Crippen LogP contribution >= 0.6 is 35.6 Å². The van der Waals surface area contributed by atoms with Crippen LogP contribution < -0.4 is 24.3 Å². The lowest BCUT2D eigenvalue weighted by Gasteiger charge is -2.16. The fourth-order valence-electron chi connectivity index (χ4n) is 3.29. The first-order valence-electron chi connectivity index (χ1n) is 10.0. The minimum Gasteiger partial charge on any atom is -0.490 e. The maximum Gasteiger partial charge on any atom is 0.231 e. The van der Waals surface area contributed by atoms with E-state index in [1.54, 1.807) is 0 Å². The first kappa shape index (κ1) is 24.3. The molecule has 1 aliphatic rings. The molecule has 5 nitrogen and oxygen atoms in total. The smallest absolute Gasteiger partial charge is 0.231 e. The summed E-state index contributed by atoms with van der Waals surface area (Å²) in [6.45, 7) is 4.32. The predicted molar refractivity (Wildman–Crippen MR) is 129 cm³/mol. The molecule has 0 unspecified atom stereocenters. The van der Waals surface area contributed by atoms with Crippen molar-refractivity contribution in [3.63, 3.8) is 0 Å². The van der Waals surface area contributed by atoms with Gasteiger partial charge in [-0.1, -0.05) is 47.5 Å². The van der Waals surface area contributed by atoms with Gasteiger partial charge in [0.2, 0.25) is 6.79 Å². The topological polar surface area (TPSA) is 49.0 Å². The number of hydrogen-bond donors (Lipinski definition) is 1. The average molecular weight is 497 g/mol. The molecule has 0 fully saturated rings. The van der Waals surface area contributed by atoms with Crippen LogP contribution in [0.4, 0.5) is 0 Å². The van der Waals surface area contributed by atoms with Crippen LogP contribution in [0.25, 0.3) is 0 Å². The minimum absolute atomic E-state index is 0. The van der Waals surface area contributed by atoms with Gasteiger partial charge in [-0.15, -0.1) is 12.4 Å². The number of rotatable bonds is 9. The summed E-state index contributed by atoms with van der Waals surface area (Å²) < 4.78 is 22.5. The van der Waals surface area contributed by atoms with E-state index in [1.165, 1.54) is 0 Å². The Labute approximate surface area is 203 Å². The van der Waals surface area contributed by atoms with Crippen molar-refractivity contribution < 1.29 is 18.9 Å². The molecule has 0 aliphatic carbocycles. The third-order valence-electron chi connectivity index (χ3n) is 4.79. The molecule has 0 spiro atoms. The molecular weight excluding hydrogens is 473 g/mol. The van der Waals surface area contributed by atoms with E-state index in [0.29, 0.717) is 47.8 Å². The first-order valence-corrected chi connectivity index (χ1v) is 10.8. The van der Waals surface area contributed by atoms with E-state index in [1.807, 2.05) is 61.5 Å². The monoisotopic (exact) mass is 495 g/mol. The van der Waals surface area contributed by atoms with Crippen LogP contribution in [0.15, 0.2) is 54.6 Å². The van der Waals surface area contributed by atoms with E-state index in [4.69, 9.17) is 42.1 Å². The van der Waals surface area contributed by atoms with E-state index < -0.39 is 0 Å². The Hall–Kier alpha value is -2.31. The molecule has 0 aromatic heterocycles. The fraction of sp³-hybridized carbons (Fsp3) is 0.250. The van der Waals surface area contributed by atoms with Crippen molar-refractivity contribution in [2.75, 3.05) is 13.4 Å². The number of halogens is 3. The normalized spacial score (nSPS) is 11.7. The molecule has 3 aromatic rings. The number of hydrogen-bond acceptors (Lipinski definition) is 5. The number of fused-ring (bicyclic) bond motifs is 1. The van der Waals surface area contributed by atoms with Crippen LogP contribution in [0.2, 0.25) is 10.0 Å². The van der Waals surface area contributed by atoms with Crippen LogP contribution in [0.5, 0.6) is 23.0 Å². The summed E-state index contributed by atoms with van der Waals surface area (Å²) in [4.78, 5) is 0. The molecule has 0 saturated carbocycles. The van der Waals surface area contributed by atoms with E-state index in [-0.39, 0.29) is 19.2 Å². The molecule has 3 aromatic carbocycles. The van der Waals surface area contributed by atoms with Gasteiger partial charge in [0.25, 0.3) is 0 Å². The Balaban J connectivity index is 0.00000289. The largest absolute Gasteiger partial charge is 0.490 e. The van der Waals surface area contributed by atoms with E-state index in [9.17, 15) is 0 Å². The van der Waals surface area contributed by atoms with Crippen molar-refractivity contribution in [3.05, 3.63) is 81.3 Å². The lowest BCUT2D eigenvalue weighted by molar-refractivity contribution is 0.174. The van der Waals surface area contributed by atoms with E-state index >= 15 is 0 Å². The van der Waals surface area contributed by atoms with Crippen molar-refractivity contribution in [1.82, 2.24) is 5.32 Å². The highest BCUT2D eigenvalue weighted by Gasteiger charge is 2.15. The number of nitrogens with one attached hydrogen (secondary N) is 1. The van der Waals surface area contributed by atoms with Gasteiger partial charge in [-0.05, 0) is 48.4 Å². The Bertz CT molecular complexity index is 1060. The molecule has 4 rings (SSSR count). The Morgan fingerprint density at radius 2 is 1.66 bits per heavy atom. The van der Waals surface area contributed by atoms with Crippen molar-refractivity contribution >= 4 is 35.6 Å². The second kappa shape index (κ2) is 11.5.